The van der Waals surface area contributed by atoms with Gasteiger partial charge in [-0.05, 0) is 49.9 Å². The Bertz CT molecular complexity index is 572. The number of carbonyl (C=O) groups excluding carboxylic acids is 1. The predicted molar refractivity (Wildman–Crippen MR) is 97.5 cm³/mol. The van der Waals surface area contributed by atoms with Gasteiger partial charge >= 0.3 is 0 Å². The first-order valence-corrected chi connectivity index (χ1v) is 9.41. The summed E-state index contributed by atoms with van der Waals surface area (Å²) in [5, 5.41) is 3.02. The third-order valence-electron chi connectivity index (χ3n) is 5.34. The molecule has 0 spiro atoms. The van der Waals surface area contributed by atoms with Gasteiger partial charge in [0.2, 0.25) is 5.91 Å². The van der Waals surface area contributed by atoms with E-state index in [4.69, 9.17) is 9.47 Å². The largest absolute Gasteiger partial charge is 0.492 e. The van der Waals surface area contributed by atoms with Crippen molar-refractivity contribution in [1.29, 1.82) is 0 Å². The van der Waals surface area contributed by atoms with Gasteiger partial charge in [-0.15, -0.1) is 0 Å². The fourth-order valence-corrected chi connectivity index (χ4v) is 3.37. The maximum atomic E-state index is 11.9. The number of amides is 1. The van der Waals surface area contributed by atoms with E-state index < -0.39 is 0 Å². The smallest absolute Gasteiger partial charge is 0.223 e. The molecule has 2 atom stereocenters. The Hall–Kier alpha value is -1.59. The molecule has 1 N–H and O–H groups in total. The summed E-state index contributed by atoms with van der Waals surface area (Å²) in [5.74, 6) is 1.81. The Kier molecular flexibility index (Phi) is 6.32. The van der Waals surface area contributed by atoms with E-state index in [2.05, 4.69) is 24.2 Å². The molecule has 0 unspecified atom stereocenters. The second kappa shape index (κ2) is 8.68. The van der Waals surface area contributed by atoms with Crippen molar-refractivity contribution >= 4 is 5.91 Å². The zero-order valence-electron chi connectivity index (χ0n) is 15.4. The summed E-state index contributed by atoms with van der Waals surface area (Å²) >= 11 is 0. The van der Waals surface area contributed by atoms with Gasteiger partial charge in [-0.1, -0.05) is 19.1 Å². The number of hydrogen-bond donors (Lipinski definition) is 1. The molecular weight excluding hydrogens is 316 g/mol. The molecule has 25 heavy (non-hydrogen) atoms. The van der Waals surface area contributed by atoms with E-state index in [1.54, 1.807) is 0 Å². The fourth-order valence-electron chi connectivity index (χ4n) is 3.37. The Morgan fingerprint density at radius 2 is 2.12 bits per heavy atom. The lowest BCUT2D eigenvalue weighted by Crippen LogP contribution is -2.38. The van der Waals surface area contributed by atoms with Gasteiger partial charge in [-0.2, -0.15) is 0 Å². The molecule has 0 radical (unpaired) electrons. The van der Waals surface area contributed by atoms with Gasteiger partial charge in [0.25, 0.3) is 0 Å². The molecule has 1 aromatic rings. The lowest BCUT2D eigenvalue weighted by molar-refractivity contribution is -0.122. The van der Waals surface area contributed by atoms with Crippen molar-refractivity contribution in [2.75, 3.05) is 33.4 Å². The van der Waals surface area contributed by atoms with E-state index in [0.29, 0.717) is 25.1 Å². The monoisotopic (exact) mass is 346 g/mol. The van der Waals surface area contributed by atoms with Crippen LogP contribution in [0.25, 0.3) is 0 Å². The molecular formula is C20H30N2O3. The molecule has 3 rings (SSSR count). The maximum absolute atomic E-state index is 11.9. The molecule has 1 amide bonds. The van der Waals surface area contributed by atoms with Crippen molar-refractivity contribution in [2.45, 2.75) is 38.8 Å². The number of carbonyl (C=O) groups is 1. The number of rotatable bonds is 8. The molecule has 1 heterocycles. The average Bonchev–Trinajstić information content (AvgIpc) is 3.37. The third-order valence-corrected chi connectivity index (χ3v) is 5.34. The van der Waals surface area contributed by atoms with Gasteiger partial charge in [0, 0.05) is 38.3 Å². The van der Waals surface area contributed by atoms with Gasteiger partial charge in [0.15, 0.2) is 0 Å². The molecule has 1 saturated carbocycles. The van der Waals surface area contributed by atoms with Crippen molar-refractivity contribution in [1.82, 2.24) is 10.2 Å². The van der Waals surface area contributed by atoms with Crippen LogP contribution in [0.1, 0.15) is 31.7 Å². The summed E-state index contributed by atoms with van der Waals surface area (Å²) in [6, 6.07) is 8.60. The molecule has 0 aromatic heterocycles. The molecule has 1 saturated heterocycles. The maximum Gasteiger partial charge on any atom is 0.223 e. The number of nitrogens with zero attached hydrogens (tertiary/aromatic N) is 1. The van der Waals surface area contributed by atoms with Crippen LogP contribution < -0.4 is 10.1 Å². The molecule has 0 bridgehead atoms. The van der Waals surface area contributed by atoms with E-state index in [1.807, 2.05) is 24.3 Å². The number of ether oxygens (including phenoxy) is 2. The predicted octanol–water partition coefficient (Wildman–Crippen LogP) is 2.45. The zero-order chi connectivity index (χ0) is 17.6. The number of hydrogen-bond acceptors (Lipinski definition) is 4. The highest BCUT2D eigenvalue weighted by Crippen LogP contribution is 2.37. The third kappa shape index (κ3) is 5.44. The summed E-state index contributed by atoms with van der Waals surface area (Å²) in [4.78, 5) is 14.3. The van der Waals surface area contributed by atoms with Crippen LogP contribution in [0, 0.1) is 11.8 Å². The number of nitrogens with one attached hydrogen (secondary N) is 1. The van der Waals surface area contributed by atoms with Gasteiger partial charge in [-0.3, -0.25) is 9.69 Å². The van der Waals surface area contributed by atoms with Crippen molar-refractivity contribution in [3.05, 3.63) is 29.8 Å². The first-order valence-electron chi connectivity index (χ1n) is 9.41. The van der Waals surface area contributed by atoms with Crippen molar-refractivity contribution in [2.24, 2.45) is 11.8 Å². The lowest BCUT2D eigenvalue weighted by Gasteiger charge is -2.31. The van der Waals surface area contributed by atoms with Crippen LogP contribution in [-0.4, -0.2) is 50.3 Å². The highest BCUT2D eigenvalue weighted by molar-refractivity contribution is 5.81. The number of likely N-dealkylation sites (N-methyl/N-ethyl adjacent to an activating group) is 1. The van der Waals surface area contributed by atoms with Gasteiger partial charge in [-0.25, -0.2) is 0 Å². The average molecular weight is 346 g/mol. The van der Waals surface area contributed by atoms with Crippen molar-refractivity contribution < 1.29 is 14.3 Å². The van der Waals surface area contributed by atoms with E-state index in [1.165, 1.54) is 0 Å². The first kappa shape index (κ1) is 18.2. The minimum atomic E-state index is 0.178. The van der Waals surface area contributed by atoms with Crippen LogP contribution in [0.15, 0.2) is 24.3 Å². The van der Waals surface area contributed by atoms with Crippen LogP contribution in [0.2, 0.25) is 0 Å². The SMILES string of the molecule is C[C@@H]1C[C@@H]1C(=O)NCc1cccc(OCCN(C)C2CCOCC2)c1. The second-order valence-corrected chi connectivity index (χ2v) is 7.36. The van der Waals surface area contributed by atoms with Crippen LogP contribution in [-0.2, 0) is 16.1 Å². The minimum Gasteiger partial charge on any atom is -0.492 e. The quantitative estimate of drug-likeness (QED) is 0.786. The second-order valence-electron chi connectivity index (χ2n) is 7.36. The van der Waals surface area contributed by atoms with Gasteiger partial charge in [0.1, 0.15) is 12.4 Å². The summed E-state index contributed by atoms with van der Waals surface area (Å²) in [6.45, 7) is 6.00. The Labute approximate surface area is 150 Å². The van der Waals surface area contributed by atoms with E-state index >= 15 is 0 Å². The summed E-state index contributed by atoms with van der Waals surface area (Å²) in [5.41, 5.74) is 1.08. The van der Waals surface area contributed by atoms with Crippen LogP contribution >= 0.6 is 0 Å². The standard InChI is InChI=1S/C20H30N2O3/c1-15-12-19(15)20(23)21-14-16-4-3-5-18(13-16)25-11-8-22(2)17-6-9-24-10-7-17/h3-5,13,15,17,19H,6-12,14H2,1-2H3,(H,21,23)/t15-,19+/m1/s1. The highest BCUT2D eigenvalue weighted by atomic mass is 16.5. The van der Waals surface area contributed by atoms with Gasteiger partial charge < -0.3 is 14.8 Å². The topological polar surface area (TPSA) is 50.8 Å². The molecule has 5 nitrogen and oxygen atoms in total. The zero-order valence-corrected chi connectivity index (χ0v) is 15.4. The van der Waals surface area contributed by atoms with E-state index in [-0.39, 0.29) is 11.8 Å². The van der Waals surface area contributed by atoms with Crippen LogP contribution in [0.4, 0.5) is 0 Å². The Morgan fingerprint density at radius 1 is 1.36 bits per heavy atom. The van der Waals surface area contributed by atoms with Crippen LogP contribution in [0.5, 0.6) is 5.75 Å². The Balaban J connectivity index is 1.39. The normalized spacial score (nSPS) is 23.5. The molecule has 138 valence electrons. The number of benzene rings is 1. The van der Waals surface area contributed by atoms with Crippen molar-refractivity contribution in [3.8, 4) is 5.75 Å². The molecule has 2 aliphatic rings. The molecule has 5 heteroatoms. The van der Waals surface area contributed by atoms with E-state index in [0.717, 1.165) is 50.3 Å². The summed E-state index contributed by atoms with van der Waals surface area (Å²) in [6.07, 6.45) is 3.23. The first-order chi connectivity index (χ1) is 12.1. The van der Waals surface area contributed by atoms with Gasteiger partial charge in [0.05, 0.1) is 0 Å². The minimum absolute atomic E-state index is 0.178. The molecule has 1 aliphatic heterocycles. The lowest BCUT2D eigenvalue weighted by atomic mass is 10.1. The Morgan fingerprint density at radius 3 is 2.84 bits per heavy atom. The van der Waals surface area contributed by atoms with E-state index in [9.17, 15) is 4.79 Å². The molecule has 1 aromatic carbocycles. The summed E-state index contributed by atoms with van der Waals surface area (Å²) < 4.78 is 11.3. The molecule has 1 aliphatic carbocycles. The molecule has 2 fully saturated rings. The van der Waals surface area contributed by atoms with Crippen LogP contribution in [0.3, 0.4) is 0 Å². The summed E-state index contributed by atoms with van der Waals surface area (Å²) in [7, 11) is 2.16. The highest BCUT2D eigenvalue weighted by Gasteiger charge is 2.38. The fraction of sp³-hybridized carbons (Fsp3) is 0.650. The van der Waals surface area contributed by atoms with Crippen molar-refractivity contribution in [3.63, 3.8) is 0 Å².